The standard InChI is InChI=1S/C16H16FNO3.C16H18FNO2.C14H14FNO2.C8H6ClFO.C8H11NO2/c1-3-21-16(20)15-10(2)13(9-18-15)14(19)8-11-5-4-6-12(17)7-11;1-3-20-16(19)15-11(2)13(10-18-15)8-7-12-5-4-6-14(17)9-12;1-9-11(8-16-13(9)14(17)18)6-5-10-3-2-4-12(15)7-10;9-8(11)5-6-2-1-3-7(10)4-6;1-3-11-8(10)7-6(2)4-5-9-7/h4-7,9,18H,3,8H2,1-2H3;4-6,9-10,18H,3,7-8H2,1-2H3;2-4,7-8,16H,5-6H2,1H3,(H,17,18);1-4H,5H2;4-5,9H,3H2,1-2H3. The van der Waals surface area contributed by atoms with Gasteiger partial charge in [-0.15, -0.1) is 0 Å². The van der Waals surface area contributed by atoms with E-state index in [2.05, 4.69) is 19.9 Å². The molecule has 19 heteroatoms. The summed E-state index contributed by atoms with van der Waals surface area (Å²) in [6, 6.07) is 26.6. The Kier molecular flexibility index (Phi) is 26.4. The number of H-pyrrole nitrogens is 4. The Labute approximate surface area is 472 Å². The smallest absolute Gasteiger partial charge is 0.355 e. The first-order valence-electron chi connectivity index (χ1n) is 25.7. The monoisotopic (exact) mass is 1140 g/mol. The summed E-state index contributed by atoms with van der Waals surface area (Å²) in [6.45, 7) is 13.5. The van der Waals surface area contributed by atoms with Crippen molar-refractivity contribution in [3.8, 4) is 0 Å². The van der Waals surface area contributed by atoms with Gasteiger partial charge in [-0.1, -0.05) is 48.5 Å². The van der Waals surface area contributed by atoms with Crippen LogP contribution in [-0.2, 0) is 57.5 Å². The van der Waals surface area contributed by atoms with Crippen LogP contribution in [-0.4, -0.2) is 79.8 Å². The molecule has 5 N–H and O–H groups in total. The van der Waals surface area contributed by atoms with Gasteiger partial charge in [0.15, 0.2) is 5.78 Å². The van der Waals surface area contributed by atoms with Crippen molar-refractivity contribution in [3.05, 3.63) is 235 Å². The molecule has 0 unspecified atom stereocenters. The number of aromatic amines is 4. The van der Waals surface area contributed by atoms with Crippen LogP contribution in [0.5, 0.6) is 0 Å². The van der Waals surface area contributed by atoms with Gasteiger partial charge in [0.2, 0.25) is 5.24 Å². The van der Waals surface area contributed by atoms with E-state index in [0.717, 1.165) is 51.8 Å². The third-order valence-corrected chi connectivity index (χ3v) is 12.3. The first-order valence-corrected chi connectivity index (χ1v) is 26.1. The molecule has 0 aliphatic heterocycles. The molecule has 14 nitrogen and oxygen atoms in total. The first kappa shape index (κ1) is 64.8. The Hall–Kier alpha value is -8.77. The largest absolute Gasteiger partial charge is 0.477 e. The topological polar surface area (TPSA) is 213 Å². The summed E-state index contributed by atoms with van der Waals surface area (Å²) < 4.78 is 66.4. The summed E-state index contributed by atoms with van der Waals surface area (Å²) in [6.07, 6.45) is 9.78. The Morgan fingerprint density at radius 3 is 1.25 bits per heavy atom. The second-order valence-corrected chi connectivity index (χ2v) is 18.4. The molecule has 4 aromatic heterocycles. The molecule has 0 amide bonds. The van der Waals surface area contributed by atoms with E-state index in [1.165, 1.54) is 54.7 Å². The Morgan fingerprint density at radius 2 is 0.852 bits per heavy atom. The molecule has 0 radical (unpaired) electrons. The van der Waals surface area contributed by atoms with Crippen LogP contribution in [0.25, 0.3) is 0 Å². The van der Waals surface area contributed by atoms with Gasteiger partial charge in [-0.05, 0) is 196 Å². The molecule has 8 rings (SSSR count). The van der Waals surface area contributed by atoms with E-state index in [4.69, 9.17) is 30.9 Å². The number of hydrogen-bond donors (Lipinski definition) is 5. The SMILES string of the molecule is CCOC(=O)c1[nH]cc(C(=O)Cc2cccc(F)c2)c1C.CCOC(=O)c1[nH]cc(CCc2cccc(F)c2)c1C.CCOC(=O)c1[nH]ccc1C.Cc1c(CCc2cccc(F)c2)c[nH]c1C(=O)O.O=C(Cl)Cc1cccc(F)c1. The number of esters is 3. The number of aromatic nitrogens is 4. The average Bonchev–Trinajstić information content (AvgIpc) is 4.25. The second kappa shape index (κ2) is 33.0. The van der Waals surface area contributed by atoms with E-state index in [9.17, 15) is 46.3 Å². The van der Waals surface area contributed by atoms with Gasteiger partial charge >= 0.3 is 23.9 Å². The summed E-state index contributed by atoms with van der Waals surface area (Å²) >= 11 is 5.10. The fourth-order valence-corrected chi connectivity index (χ4v) is 8.13. The number of carbonyl (C=O) groups excluding carboxylic acids is 5. The predicted molar refractivity (Wildman–Crippen MR) is 300 cm³/mol. The van der Waals surface area contributed by atoms with Crippen LogP contribution in [0.4, 0.5) is 17.6 Å². The highest BCUT2D eigenvalue weighted by atomic mass is 35.5. The molecule has 0 aliphatic rings. The lowest BCUT2D eigenvalue weighted by atomic mass is 10.0. The number of Topliss-reactive ketones (excluding diaryl/α,β-unsaturated/α-hetero) is 1. The van der Waals surface area contributed by atoms with Crippen molar-refractivity contribution in [1.82, 2.24) is 19.9 Å². The van der Waals surface area contributed by atoms with Crippen molar-refractivity contribution in [3.63, 3.8) is 0 Å². The van der Waals surface area contributed by atoms with Crippen LogP contribution in [0.3, 0.4) is 0 Å². The third kappa shape index (κ3) is 21.1. The lowest BCUT2D eigenvalue weighted by Gasteiger charge is -2.03. The summed E-state index contributed by atoms with van der Waals surface area (Å²) in [5.74, 6) is -3.42. The summed E-state index contributed by atoms with van der Waals surface area (Å²) in [5.41, 5.74) is 10.2. The number of halogens is 5. The van der Waals surface area contributed by atoms with Gasteiger partial charge in [-0.3, -0.25) is 9.59 Å². The second-order valence-electron chi connectivity index (χ2n) is 18.0. The van der Waals surface area contributed by atoms with E-state index in [0.29, 0.717) is 59.7 Å². The van der Waals surface area contributed by atoms with Crippen LogP contribution < -0.4 is 0 Å². The van der Waals surface area contributed by atoms with Crippen LogP contribution in [0, 0.1) is 51.0 Å². The van der Waals surface area contributed by atoms with E-state index in [-0.39, 0.29) is 71.8 Å². The molecule has 428 valence electrons. The van der Waals surface area contributed by atoms with Crippen molar-refractivity contribution in [1.29, 1.82) is 0 Å². The van der Waals surface area contributed by atoms with Crippen LogP contribution in [0.2, 0.25) is 0 Å². The molecule has 0 atom stereocenters. The van der Waals surface area contributed by atoms with Crippen molar-refractivity contribution in [2.75, 3.05) is 19.8 Å². The maximum Gasteiger partial charge on any atom is 0.355 e. The van der Waals surface area contributed by atoms with Gasteiger partial charge in [0.05, 0.1) is 19.8 Å². The quantitative estimate of drug-likeness (QED) is 0.0180. The molecule has 0 aliphatic carbocycles. The normalized spacial score (nSPS) is 10.3. The third-order valence-electron chi connectivity index (χ3n) is 12.2. The van der Waals surface area contributed by atoms with E-state index in [1.807, 2.05) is 38.2 Å². The molecule has 0 spiro atoms. The van der Waals surface area contributed by atoms with Gasteiger partial charge in [-0.2, -0.15) is 0 Å². The van der Waals surface area contributed by atoms with Gasteiger partial charge in [0.1, 0.15) is 46.0 Å². The van der Waals surface area contributed by atoms with E-state index in [1.54, 1.807) is 83.4 Å². The molecular formula is C62H65ClF4N4O10. The lowest BCUT2D eigenvalue weighted by Crippen LogP contribution is -2.08. The Balaban J connectivity index is 0.000000223. The van der Waals surface area contributed by atoms with Crippen LogP contribution >= 0.6 is 11.6 Å². The van der Waals surface area contributed by atoms with Crippen LogP contribution in [0.1, 0.15) is 129 Å². The van der Waals surface area contributed by atoms with Gasteiger partial charge < -0.3 is 39.3 Å². The zero-order valence-electron chi connectivity index (χ0n) is 46.0. The van der Waals surface area contributed by atoms with Crippen molar-refractivity contribution in [2.45, 2.75) is 87.0 Å². The van der Waals surface area contributed by atoms with Crippen LogP contribution in [0.15, 0.2) is 128 Å². The van der Waals surface area contributed by atoms with Crippen molar-refractivity contribution in [2.24, 2.45) is 0 Å². The maximum absolute atomic E-state index is 13.1. The minimum atomic E-state index is -0.954. The Bertz CT molecular complexity index is 3380. The number of hydrogen-bond acceptors (Lipinski definition) is 9. The zero-order valence-corrected chi connectivity index (χ0v) is 46.8. The number of aryl methyl sites for hydroxylation is 5. The number of rotatable bonds is 18. The summed E-state index contributed by atoms with van der Waals surface area (Å²) in [4.78, 5) is 79.2. The molecule has 4 aromatic carbocycles. The summed E-state index contributed by atoms with van der Waals surface area (Å²) in [5, 5.41) is 8.44. The number of ketones is 1. The minimum Gasteiger partial charge on any atom is -0.477 e. The van der Waals surface area contributed by atoms with E-state index >= 15 is 0 Å². The highest BCUT2D eigenvalue weighted by Crippen LogP contribution is 2.20. The van der Waals surface area contributed by atoms with Gasteiger partial charge in [0.25, 0.3) is 0 Å². The molecule has 0 fully saturated rings. The number of carboxylic acids is 1. The number of nitrogens with one attached hydrogen (secondary N) is 4. The number of carbonyl (C=O) groups is 6. The molecule has 8 aromatic rings. The fraction of sp³-hybridized carbons (Fsp3) is 0.258. The van der Waals surface area contributed by atoms with Gasteiger partial charge in [-0.25, -0.2) is 36.7 Å². The predicted octanol–water partition coefficient (Wildman–Crippen LogP) is 13.1. The minimum absolute atomic E-state index is 0.0821. The number of aromatic carboxylic acids is 1. The number of benzene rings is 4. The Morgan fingerprint density at radius 1 is 0.469 bits per heavy atom. The zero-order chi connectivity index (χ0) is 59.6. The number of carboxylic acid groups (broad SMARTS) is 1. The van der Waals surface area contributed by atoms with Crippen molar-refractivity contribution < 1.29 is 65.6 Å². The average molecular weight is 1140 g/mol. The fourth-order valence-electron chi connectivity index (χ4n) is 7.98. The lowest BCUT2D eigenvalue weighted by molar-refractivity contribution is -0.111. The molecule has 0 saturated carbocycles. The molecule has 4 heterocycles. The van der Waals surface area contributed by atoms with E-state index < -0.39 is 17.2 Å². The highest BCUT2D eigenvalue weighted by Gasteiger charge is 2.20. The molecule has 0 bridgehead atoms. The molecular weight excluding hydrogens is 1070 g/mol. The first-order chi connectivity index (χ1) is 38.6. The number of ether oxygens (including phenoxy) is 3. The van der Waals surface area contributed by atoms with Crippen molar-refractivity contribution >= 4 is 46.5 Å². The highest BCUT2D eigenvalue weighted by molar-refractivity contribution is 6.63. The van der Waals surface area contributed by atoms with Gasteiger partial charge in [0, 0.05) is 43.2 Å². The molecule has 81 heavy (non-hydrogen) atoms. The maximum atomic E-state index is 13.1. The molecule has 0 saturated heterocycles. The summed E-state index contributed by atoms with van der Waals surface area (Å²) in [7, 11) is 0.